The summed E-state index contributed by atoms with van der Waals surface area (Å²) in [6.45, 7) is 1.60. The van der Waals surface area contributed by atoms with Gasteiger partial charge in [-0.05, 0) is 50.0 Å². The number of carbonyl (C=O) groups is 2. The van der Waals surface area contributed by atoms with Gasteiger partial charge in [-0.2, -0.15) is 5.10 Å². The molecule has 0 atom stereocenters. The number of amides is 1. The van der Waals surface area contributed by atoms with E-state index in [4.69, 9.17) is 5.11 Å². The van der Waals surface area contributed by atoms with Crippen LogP contribution in [0.3, 0.4) is 0 Å². The lowest BCUT2D eigenvalue weighted by Gasteiger charge is -2.35. The van der Waals surface area contributed by atoms with Crippen LogP contribution in [-0.4, -0.2) is 45.2 Å². The van der Waals surface area contributed by atoms with Crippen LogP contribution in [0.5, 0.6) is 0 Å². The van der Waals surface area contributed by atoms with Crippen LogP contribution in [0, 0.1) is 11.8 Å². The zero-order chi connectivity index (χ0) is 15.5. The van der Waals surface area contributed by atoms with E-state index >= 15 is 0 Å². The number of hydrogen-bond donors (Lipinski definition) is 2. The summed E-state index contributed by atoms with van der Waals surface area (Å²) in [6.07, 6.45) is 8.49. The molecule has 0 bridgehead atoms. The number of carbonyl (C=O) groups excluding carboxylic acids is 1. The Hall–Kier alpha value is -1.85. The van der Waals surface area contributed by atoms with E-state index < -0.39 is 5.97 Å². The molecule has 1 aromatic heterocycles. The maximum absolute atomic E-state index is 12.6. The molecule has 0 spiro atoms. The van der Waals surface area contributed by atoms with Crippen LogP contribution in [0.1, 0.15) is 50.0 Å². The highest BCUT2D eigenvalue weighted by Gasteiger charge is 2.33. The maximum atomic E-state index is 12.6. The Kier molecular flexibility index (Phi) is 4.45. The molecule has 1 saturated heterocycles. The molecule has 1 aliphatic carbocycles. The molecule has 0 aromatic carbocycles. The van der Waals surface area contributed by atoms with Gasteiger partial charge in [0.05, 0.1) is 12.1 Å². The Morgan fingerprint density at radius 2 is 1.73 bits per heavy atom. The largest absolute Gasteiger partial charge is 0.481 e. The van der Waals surface area contributed by atoms with E-state index in [0.29, 0.717) is 18.8 Å². The van der Waals surface area contributed by atoms with Gasteiger partial charge >= 0.3 is 5.97 Å². The molecule has 2 heterocycles. The van der Waals surface area contributed by atoms with Crippen LogP contribution in [0.15, 0.2) is 12.4 Å². The summed E-state index contributed by atoms with van der Waals surface area (Å²) >= 11 is 0. The fourth-order valence-corrected chi connectivity index (χ4v) is 3.76. The van der Waals surface area contributed by atoms with E-state index in [9.17, 15) is 9.59 Å². The van der Waals surface area contributed by atoms with Crippen LogP contribution in [0.4, 0.5) is 0 Å². The second-order valence-electron chi connectivity index (χ2n) is 6.52. The SMILES string of the molecule is O=C(O)C1CCC(C(=O)N2CCC(c3cn[nH]c3)CC2)CC1. The van der Waals surface area contributed by atoms with Gasteiger partial charge in [0.25, 0.3) is 0 Å². The number of nitrogens with one attached hydrogen (secondary N) is 1. The van der Waals surface area contributed by atoms with Crippen LogP contribution < -0.4 is 0 Å². The van der Waals surface area contributed by atoms with E-state index in [-0.39, 0.29) is 17.7 Å². The molecule has 1 aromatic rings. The summed E-state index contributed by atoms with van der Waals surface area (Å²) < 4.78 is 0. The number of aromatic nitrogens is 2. The Morgan fingerprint density at radius 3 is 2.27 bits per heavy atom. The number of piperidine rings is 1. The van der Waals surface area contributed by atoms with Crippen molar-refractivity contribution in [3.8, 4) is 0 Å². The highest BCUT2D eigenvalue weighted by atomic mass is 16.4. The van der Waals surface area contributed by atoms with Gasteiger partial charge in [0.1, 0.15) is 0 Å². The van der Waals surface area contributed by atoms with Crippen molar-refractivity contribution in [1.29, 1.82) is 0 Å². The van der Waals surface area contributed by atoms with Gasteiger partial charge in [-0.25, -0.2) is 0 Å². The maximum Gasteiger partial charge on any atom is 0.306 e. The van der Waals surface area contributed by atoms with Gasteiger partial charge in [0.15, 0.2) is 0 Å². The lowest BCUT2D eigenvalue weighted by Crippen LogP contribution is -2.42. The summed E-state index contributed by atoms with van der Waals surface area (Å²) in [6, 6.07) is 0. The molecule has 6 heteroatoms. The zero-order valence-corrected chi connectivity index (χ0v) is 12.7. The lowest BCUT2D eigenvalue weighted by atomic mass is 9.81. The van der Waals surface area contributed by atoms with Crippen molar-refractivity contribution in [1.82, 2.24) is 15.1 Å². The molecule has 0 radical (unpaired) electrons. The summed E-state index contributed by atoms with van der Waals surface area (Å²) in [4.78, 5) is 25.5. The van der Waals surface area contributed by atoms with Crippen molar-refractivity contribution < 1.29 is 14.7 Å². The van der Waals surface area contributed by atoms with E-state index in [0.717, 1.165) is 38.8 Å². The van der Waals surface area contributed by atoms with Crippen molar-refractivity contribution in [2.45, 2.75) is 44.4 Å². The number of aromatic amines is 1. The molecule has 1 amide bonds. The van der Waals surface area contributed by atoms with Gasteiger partial charge in [-0.15, -0.1) is 0 Å². The normalized spacial score (nSPS) is 26.8. The average molecular weight is 305 g/mol. The molecule has 6 nitrogen and oxygen atoms in total. The number of rotatable bonds is 3. The first-order valence-electron chi connectivity index (χ1n) is 8.15. The fourth-order valence-electron chi connectivity index (χ4n) is 3.76. The number of aliphatic carboxylic acids is 1. The highest BCUT2D eigenvalue weighted by molar-refractivity contribution is 5.79. The minimum Gasteiger partial charge on any atom is -0.481 e. The van der Waals surface area contributed by atoms with Crippen LogP contribution in [-0.2, 0) is 9.59 Å². The summed E-state index contributed by atoms with van der Waals surface area (Å²) in [5.41, 5.74) is 1.23. The standard InChI is InChI=1S/C16H23N3O3/c20-15(12-1-3-13(4-2-12)16(21)22)19-7-5-11(6-8-19)14-9-17-18-10-14/h9-13H,1-8H2,(H,17,18)(H,21,22). The number of hydrogen-bond acceptors (Lipinski definition) is 3. The topological polar surface area (TPSA) is 86.3 Å². The van der Waals surface area contributed by atoms with Crippen molar-refractivity contribution in [3.05, 3.63) is 18.0 Å². The summed E-state index contributed by atoms with van der Waals surface area (Å²) in [5, 5.41) is 15.9. The summed E-state index contributed by atoms with van der Waals surface area (Å²) in [5.74, 6) is -0.219. The Labute approximate surface area is 129 Å². The third-order valence-electron chi connectivity index (χ3n) is 5.22. The van der Waals surface area contributed by atoms with Crippen molar-refractivity contribution in [3.63, 3.8) is 0 Å². The van der Waals surface area contributed by atoms with Gasteiger partial charge in [-0.3, -0.25) is 14.7 Å². The van der Waals surface area contributed by atoms with E-state index in [1.165, 1.54) is 5.56 Å². The Bertz CT molecular complexity index is 513. The molecule has 1 saturated carbocycles. The third-order valence-corrected chi connectivity index (χ3v) is 5.22. The average Bonchev–Trinajstić information content (AvgIpc) is 3.09. The third kappa shape index (κ3) is 3.15. The van der Waals surface area contributed by atoms with Gasteiger partial charge < -0.3 is 10.0 Å². The highest BCUT2D eigenvalue weighted by Crippen LogP contribution is 2.32. The monoisotopic (exact) mass is 305 g/mol. The number of nitrogens with zero attached hydrogens (tertiary/aromatic N) is 2. The molecule has 3 rings (SSSR count). The molecular formula is C16H23N3O3. The predicted molar refractivity (Wildman–Crippen MR) is 80.2 cm³/mol. The Morgan fingerprint density at radius 1 is 1.09 bits per heavy atom. The van der Waals surface area contributed by atoms with Crippen LogP contribution >= 0.6 is 0 Å². The molecule has 2 fully saturated rings. The van der Waals surface area contributed by atoms with Crippen LogP contribution in [0.2, 0.25) is 0 Å². The molecule has 120 valence electrons. The first-order chi connectivity index (χ1) is 10.6. The molecule has 2 N–H and O–H groups in total. The zero-order valence-electron chi connectivity index (χ0n) is 12.7. The van der Waals surface area contributed by atoms with Gasteiger partial charge in [0.2, 0.25) is 5.91 Å². The first kappa shape index (κ1) is 15.1. The molecule has 2 aliphatic rings. The number of H-pyrrole nitrogens is 1. The first-order valence-corrected chi connectivity index (χ1v) is 8.15. The second kappa shape index (κ2) is 6.50. The minimum atomic E-state index is -0.716. The Balaban J connectivity index is 1.49. The smallest absolute Gasteiger partial charge is 0.306 e. The van der Waals surface area contributed by atoms with Gasteiger partial charge in [0, 0.05) is 25.2 Å². The molecular weight excluding hydrogens is 282 g/mol. The van der Waals surface area contributed by atoms with Gasteiger partial charge in [-0.1, -0.05) is 0 Å². The quantitative estimate of drug-likeness (QED) is 0.894. The number of carboxylic acids is 1. The van der Waals surface area contributed by atoms with Crippen molar-refractivity contribution in [2.24, 2.45) is 11.8 Å². The fraction of sp³-hybridized carbons (Fsp3) is 0.688. The van der Waals surface area contributed by atoms with Crippen LogP contribution in [0.25, 0.3) is 0 Å². The van der Waals surface area contributed by atoms with E-state index in [1.807, 2.05) is 17.3 Å². The molecule has 22 heavy (non-hydrogen) atoms. The summed E-state index contributed by atoms with van der Waals surface area (Å²) in [7, 11) is 0. The predicted octanol–water partition coefficient (Wildman–Crippen LogP) is 2.01. The number of carboxylic acid groups (broad SMARTS) is 1. The van der Waals surface area contributed by atoms with Crippen molar-refractivity contribution >= 4 is 11.9 Å². The molecule has 0 unspecified atom stereocenters. The van der Waals surface area contributed by atoms with Crippen molar-refractivity contribution in [2.75, 3.05) is 13.1 Å². The lowest BCUT2D eigenvalue weighted by molar-refractivity contribution is -0.146. The van der Waals surface area contributed by atoms with E-state index in [2.05, 4.69) is 10.2 Å². The van der Waals surface area contributed by atoms with E-state index in [1.54, 1.807) is 0 Å². The number of likely N-dealkylation sites (tertiary alicyclic amines) is 1. The second-order valence-corrected chi connectivity index (χ2v) is 6.52. The molecule has 1 aliphatic heterocycles. The minimum absolute atomic E-state index is 0.0288.